The van der Waals surface area contributed by atoms with Crippen LogP contribution in [0.1, 0.15) is 18.1 Å². The van der Waals surface area contributed by atoms with E-state index in [4.69, 9.17) is 0 Å². The molecule has 2 nitrogen and oxygen atoms in total. The summed E-state index contributed by atoms with van der Waals surface area (Å²) in [6, 6.07) is 20.7. The van der Waals surface area contributed by atoms with Crippen molar-refractivity contribution < 1.29 is 5.11 Å². The number of aliphatic hydroxyl groups excluding tert-OH is 1. The number of benzene rings is 2. The minimum Gasteiger partial charge on any atom is -0.391 e. The van der Waals surface area contributed by atoms with Crippen molar-refractivity contribution in [3.05, 3.63) is 97.1 Å². The molecule has 2 heteroatoms. The highest BCUT2D eigenvalue weighted by Crippen LogP contribution is 2.20. The predicted octanol–water partition coefficient (Wildman–Crippen LogP) is 4.43. The third kappa shape index (κ3) is 4.92. The summed E-state index contributed by atoms with van der Waals surface area (Å²) >= 11 is 0. The molecule has 0 aliphatic heterocycles. The van der Waals surface area contributed by atoms with Gasteiger partial charge in [0, 0.05) is 25.0 Å². The molecule has 0 heterocycles. The molecular weight excluding hydrogens is 294 g/mol. The second-order valence-electron chi connectivity index (χ2n) is 6.16. The highest BCUT2D eigenvalue weighted by molar-refractivity contribution is 5.17. The van der Waals surface area contributed by atoms with Crippen LogP contribution in [0.5, 0.6) is 0 Å². The summed E-state index contributed by atoms with van der Waals surface area (Å²) in [5.41, 5.74) is 2.47. The van der Waals surface area contributed by atoms with Gasteiger partial charge < -0.3 is 5.11 Å². The lowest BCUT2D eigenvalue weighted by Gasteiger charge is -2.34. The zero-order valence-corrected chi connectivity index (χ0v) is 14.4. The van der Waals surface area contributed by atoms with Crippen molar-refractivity contribution in [1.82, 2.24) is 4.90 Å². The van der Waals surface area contributed by atoms with E-state index in [0.29, 0.717) is 0 Å². The van der Waals surface area contributed by atoms with E-state index < -0.39 is 6.10 Å². The van der Waals surface area contributed by atoms with Crippen LogP contribution in [0.3, 0.4) is 0 Å². The minimum atomic E-state index is -0.535. The highest BCUT2D eigenvalue weighted by atomic mass is 16.3. The van der Waals surface area contributed by atoms with Gasteiger partial charge in [0.25, 0.3) is 0 Å². The van der Waals surface area contributed by atoms with Gasteiger partial charge in [-0.1, -0.05) is 72.8 Å². The van der Waals surface area contributed by atoms with Crippen LogP contribution in [0, 0.1) is 5.92 Å². The molecule has 0 aliphatic rings. The quantitative estimate of drug-likeness (QED) is 0.691. The van der Waals surface area contributed by atoms with Crippen molar-refractivity contribution in [3.63, 3.8) is 0 Å². The van der Waals surface area contributed by atoms with Gasteiger partial charge in [0.15, 0.2) is 0 Å². The second-order valence-corrected chi connectivity index (χ2v) is 6.16. The molecule has 0 saturated heterocycles. The van der Waals surface area contributed by atoms with Crippen molar-refractivity contribution in [3.8, 4) is 0 Å². The van der Waals surface area contributed by atoms with E-state index in [0.717, 1.165) is 13.1 Å². The van der Waals surface area contributed by atoms with Gasteiger partial charge in [-0.3, -0.25) is 4.90 Å². The first-order valence-electron chi connectivity index (χ1n) is 8.40. The molecule has 2 atom stereocenters. The Balaban J connectivity index is 2.20. The van der Waals surface area contributed by atoms with Crippen LogP contribution in [0.25, 0.3) is 0 Å². The van der Waals surface area contributed by atoms with Crippen LogP contribution in [-0.4, -0.2) is 22.2 Å². The molecule has 0 radical (unpaired) electrons. The first-order chi connectivity index (χ1) is 11.7. The first kappa shape index (κ1) is 18.2. The van der Waals surface area contributed by atoms with Crippen LogP contribution >= 0.6 is 0 Å². The van der Waals surface area contributed by atoms with Gasteiger partial charge in [0.2, 0.25) is 0 Å². The minimum absolute atomic E-state index is 0.0218. The Morgan fingerprint density at radius 1 is 0.875 bits per heavy atom. The fourth-order valence-corrected chi connectivity index (χ4v) is 2.89. The molecule has 0 aromatic heterocycles. The maximum atomic E-state index is 10.7. The molecule has 1 N–H and O–H groups in total. The van der Waals surface area contributed by atoms with Crippen LogP contribution in [0.2, 0.25) is 0 Å². The van der Waals surface area contributed by atoms with Crippen molar-refractivity contribution in [1.29, 1.82) is 0 Å². The van der Waals surface area contributed by atoms with Gasteiger partial charge in [-0.2, -0.15) is 0 Å². The third-order valence-corrected chi connectivity index (χ3v) is 4.47. The SMILES string of the molecule is C=CC(C=C)[C@@H](O)[C@H](C)N(Cc1ccccc1)Cc1ccccc1. The first-order valence-corrected chi connectivity index (χ1v) is 8.40. The van der Waals surface area contributed by atoms with Gasteiger partial charge in [0.1, 0.15) is 0 Å². The average Bonchev–Trinajstić information content (AvgIpc) is 2.63. The number of hydrogen-bond acceptors (Lipinski definition) is 2. The molecule has 0 spiro atoms. The Labute approximate surface area is 145 Å². The number of aliphatic hydroxyl groups is 1. The lowest BCUT2D eigenvalue weighted by molar-refractivity contribution is 0.0339. The smallest absolute Gasteiger partial charge is 0.0789 e. The van der Waals surface area contributed by atoms with Gasteiger partial charge in [-0.25, -0.2) is 0 Å². The van der Waals surface area contributed by atoms with Crippen LogP contribution in [0.4, 0.5) is 0 Å². The summed E-state index contributed by atoms with van der Waals surface area (Å²) in [5.74, 6) is -0.117. The molecule has 0 unspecified atom stereocenters. The van der Waals surface area contributed by atoms with E-state index in [9.17, 15) is 5.11 Å². The van der Waals surface area contributed by atoms with Gasteiger partial charge in [0.05, 0.1) is 6.10 Å². The second kappa shape index (κ2) is 9.21. The van der Waals surface area contributed by atoms with Gasteiger partial charge in [-0.15, -0.1) is 13.2 Å². The number of rotatable bonds is 9. The monoisotopic (exact) mass is 321 g/mol. The van der Waals surface area contributed by atoms with E-state index in [1.807, 2.05) is 36.4 Å². The lowest BCUT2D eigenvalue weighted by atomic mass is 9.95. The summed E-state index contributed by atoms with van der Waals surface area (Å²) in [4.78, 5) is 2.30. The van der Waals surface area contributed by atoms with Gasteiger partial charge >= 0.3 is 0 Å². The largest absolute Gasteiger partial charge is 0.391 e. The summed E-state index contributed by atoms with van der Waals surface area (Å²) < 4.78 is 0. The fourth-order valence-electron chi connectivity index (χ4n) is 2.89. The van der Waals surface area contributed by atoms with Crippen molar-refractivity contribution in [2.75, 3.05) is 0 Å². The van der Waals surface area contributed by atoms with E-state index in [1.165, 1.54) is 11.1 Å². The Bertz CT molecular complexity index is 573. The summed E-state index contributed by atoms with van der Waals surface area (Å²) in [6.45, 7) is 11.3. The maximum Gasteiger partial charge on any atom is 0.0789 e. The average molecular weight is 321 g/mol. The van der Waals surface area contributed by atoms with E-state index in [1.54, 1.807) is 12.2 Å². The van der Waals surface area contributed by atoms with Gasteiger partial charge in [-0.05, 0) is 18.1 Å². The molecule has 0 amide bonds. The summed E-state index contributed by atoms with van der Waals surface area (Å²) in [5, 5.41) is 10.7. The van der Waals surface area contributed by atoms with Crippen LogP contribution in [0.15, 0.2) is 86.0 Å². The Hall–Kier alpha value is -2.16. The van der Waals surface area contributed by atoms with E-state index >= 15 is 0 Å². The predicted molar refractivity (Wildman–Crippen MR) is 101 cm³/mol. The zero-order valence-electron chi connectivity index (χ0n) is 14.4. The zero-order chi connectivity index (χ0) is 17.4. The van der Waals surface area contributed by atoms with Crippen molar-refractivity contribution in [2.24, 2.45) is 5.92 Å². The molecule has 2 aromatic carbocycles. The molecule has 2 aromatic rings. The molecule has 0 aliphatic carbocycles. The van der Waals surface area contributed by atoms with E-state index in [2.05, 4.69) is 49.2 Å². The summed E-state index contributed by atoms with van der Waals surface area (Å²) in [6.07, 6.45) is 2.99. The molecule has 0 saturated carbocycles. The van der Waals surface area contributed by atoms with Crippen molar-refractivity contribution >= 4 is 0 Å². The highest BCUT2D eigenvalue weighted by Gasteiger charge is 2.26. The Morgan fingerprint density at radius 3 is 1.67 bits per heavy atom. The Kier molecular flexibility index (Phi) is 6.98. The molecule has 2 rings (SSSR count). The molecule has 0 bridgehead atoms. The van der Waals surface area contributed by atoms with Crippen molar-refractivity contribution in [2.45, 2.75) is 32.2 Å². The summed E-state index contributed by atoms with van der Waals surface area (Å²) in [7, 11) is 0. The molecule has 0 fully saturated rings. The normalized spacial score (nSPS) is 13.7. The molecular formula is C22H27NO. The Morgan fingerprint density at radius 2 is 1.29 bits per heavy atom. The maximum absolute atomic E-state index is 10.7. The van der Waals surface area contributed by atoms with Crippen LogP contribution in [-0.2, 0) is 13.1 Å². The topological polar surface area (TPSA) is 23.5 Å². The molecule has 126 valence electrons. The van der Waals surface area contributed by atoms with E-state index in [-0.39, 0.29) is 12.0 Å². The lowest BCUT2D eigenvalue weighted by Crippen LogP contribution is -2.43. The standard InChI is InChI=1S/C22H27NO/c1-4-21(5-2)22(24)18(3)23(16-19-12-8-6-9-13-19)17-20-14-10-7-11-15-20/h4-15,18,21-22,24H,1-2,16-17H2,3H3/t18-,22-/m0/s1. The number of hydrogen-bond donors (Lipinski definition) is 1. The fraction of sp³-hybridized carbons (Fsp3) is 0.273. The molecule has 24 heavy (non-hydrogen) atoms. The third-order valence-electron chi connectivity index (χ3n) is 4.47. The number of nitrogens with zero attached hydrogens (tertiary/aromatic N) is 1. The van der Waals surface area contributed by atoms with Crippen LogP contribution < -0.4 is 0 Å².